The van der Waals surface area contributed by atoms with Crippen molar-refractivity contribution in [2.24, 2.45) is 0 Å². The van der Waals surface area contributed by atoms with Gasteiger partial charge in [-0.05, 0) is 13.0 Å². The Balaban J connectivity index is 2.53. The fraction of sp³-hybridized carbons (Fsp3) is 0.200. The summed E-state index contributed by atoms with van der Waals surface area (Å²) >= 11 is 0. The first kappa shape index (κ1) is 8.74. The summed E-state index contributed by atoms with van der Waals surface area (Å²) in [6.07, 6.45) is 0. The first-order chi connectivity index (χ1) is 6.68. The maximum absolute atomic E-state index is 11.5. The Bertz CT molecular complexity index is 402. The van der Waals surface area contributed by atoms with Gasteiger partial charge in [-0.25, -0.2) is 0 Å². The number of hydrogen-bond donors (Lipinski definition) is 1. The van der Waals surface area contributed by atoms with E-state index in [4.69, 9.17) is 4.74 Å². The minimum atomic E-state index is -1.18. The number of carbonyl (C=O) groups excluding carboxylic acids is 2. The van der Waals surface area contributed by atoms with Crippen molar-refractivity contribution in [3.8, 4) is 0 Å². The summed E-state index contributed by atoms with van der Waals surface area (Å²) in [6, 6.07) is 7.14. The molecule has 4 nitrogen and oxygen atoms in total. The molecule has 1 amide bonds. The van der Waals surface area contributed by atoms with Gasteiger partial charge in [-0.3, -0.25) is 9.59 Å². The number of anilines is 1. The van der Waals surface area contributed by atoms with Gasteiger partial charge in [0.1, 0.15) is 0 Å². The van der Waals surface area contributed by atoms with E-state index in [2.05, 4.69) is 5.32 Å². The molecule has 0 radical (unpaired) electrons. The van der Waals surface area contributed by atoms with Crippen molar-refractivity contribution in [3.63, 3.8) is 0 Å². The predicted octanol–water partition coefficient (Wildman–Crippen LogP) is 1.03. The average Bonchev–Trinajstić information content (AvgIpc) is 2.41. The first-order valence-corrected chi connectivity index (χ1v) is 4.21. The van der Waals surface area contributed by atoms with Gasteiger partial charge >= 0.3 is 0 Å². The van der Waals surface area contributed by atoms with Gasteiger partial charge in [-0.1, -0.05) is 18.2 Å². The molecule has 1 aliphatic rings. The molecule has 0 bridgehead atoms. The predicted molar refractivity (Wildman–Crippen MR) is 49.6 cm³/mol. The van der Waals surface area contributed by atoms with E-state index in [1.54, 1.807) is 25.1 Å². The van der Waals surface area contributed by atoms with Crippen LogP contribution in [0.4, 0.5) is 5.69 Å². The molecule has 0 saturated heterocycles. The molecule has 0 unspecified atom stereocenters. The summed E-state index contributed by atoms with van der Waals surface area (Å²) < 4.78 is 4.84. The van der Waals surface area contributed by atoms with Crippen LogP contribution in [0.2, 0.25) is 0 Å². The van der Waals surface area contributed by atoms with Gasteiger partial charge in [0.15, 0.2) is 0 Å². The lowest BCUT2D eigenvalue weighted by Crippen LogP contribution is -2.33. The van der Waals surface area contributed by atoms with E-state index in [-0.39, 0.29) is 5.91 Å². The van der Waals surface area contributed by atoms with E-state index in [9.17, 15) is 9.59 Å². The molecule has 72 valence electrons. The molecule has 0 aliphatic carbocycles. The van der Waals surface area contributed by atoms with Crippen LogP contribution in [0, 0.1) is 0 Å². The summed E-state index contributed by atoms with van der Waals surface area (Å²) in [7, 11) is 0. The fourth-order valence-electron chi connectivity index (χ4n) is 1.59. The highest BCUT2D eigenvalue weighted by Crippen LogP contribution is 2.37. The van der Waals surface area contributed by atoms with Crippen molar-refractivity contribution < 1.29 is 14.3 Å². The van der Waals surface area contributed by atoms with Crippen LogP contribution < -0.4 is 5.32 Å². The van der Waals surface area contributed by atoms with Gasteiger partial charge in [-0.15, -0.1) is 0 Å². The maximum Gasteiger partial charge on any atom is 0.294 e. The van der Waals surface area contributed by atoms with E-state index in [0.29, 0.717) is 17.7 Å². The third-order valence-corrected chi connectivity index (χ3v) is 2.41. The van der Waals surface area contributed by atoms with Crippen LogP contribution in [0.5, 0.6) is 0 Å². The van der Waals surface area contributed by atoms with Gasteiger partial charge in [0.05, 0.1) is 0 Å². The topological polar surface area (TPSA) is 55.4 Å². The van der Waals surface area contributed by atoms with Crippen molar-refractivity contribution in [2.75, 3.05) is 5.32 Å². The summed E-state index contributed by atoms with van der Waals surface area (Å²) in [6.45, 7) is 1.87. The Labute approximate surface area is 80.9 Å². The third kappa shape index (κ3) is 1.00. The Morgan fingerprint density at radius 2 is 2.14 bits per heavy atom. The molecule has 1 aromatic carbocycles. The summed E-state index contributed by atoms with van der Waals surface area (Å²) in [5.41, 5.74) is 0.206. The lowest BCUT2D eigenvalue weighted by molar-refractivity contribution is -0.153. The van der Waals surface area contributed by atoms with Crippen molar-refractivity contribution in [2.45, 2.75) is 12.5 Å². The average molecular weight is 191 g/mol. The zero-order valence-electron chi connectivity index (χ0n) is 7.61. The van der Waals surface area contributed by atoms with Crippen LogP contribution in [0.3, 0.4) is 0 Å². The highest BCUT2D eigenvalue weighted by Gasteiger charge is 2.44. The molecule has 1 atom stereocenters. The van der Waals surface area contributed by atoms with Gasteiger partial charge in [0, 0.05) is 11.3 Å². The SMILES string of the molecule is C[C@@]1(OC=O)C(=O)Nc2ccccc21. The van der Waals surface area contributed by atoms with Crippen LogP contribution in [0.15, 0.2) is 24.3 Å². The number of para-hydroxylation sites is 1. The van der Waals surface area contributed by atoms with Crippen LogP contribution in [0.25, 0.3) is 0 Å². The van der Waals surface area contributed by atoms with Gasteiger partial charge in [0.25, 0.3) is 12.4 Å². The molecule has 0 saturated carbocycles. The lowest BCUT2D eigenvalue weighted by Gasteiger charge is -2.19. The largest absolute Gasteiger partial charge is 0.446 e. The van der Waals surface area contributed by atoms with Gasteiger partial charge in [0.2, 0.25) is 5.60 Å². The molecule has 14 heavy (non-hydrogen) atoms. The molecule has 1 aromatic rings. The standard InChI is InChI=1S/C10H9NO3/c1-10(14-6-12)7-4-2-3-5-8(7)11-9(10)13/h2-6H,1H3,(H,11,13)/t10-/m0/s1. The monoisotopic (exact) mass is 191 g/mol. The molecule has 1 aliphatic heterocycles. The minimum absolute atomic E-state index is 0.293. The molecule has 1 N–H and O–H groups in total. The maximum atomic E-state index is 11.5. The molecule has 0 spiro atoms. The van der Waals surface area contributed by atoms with E-state index < -0.39 is 5.60 Å². The zero-order valence-corrected chi connectivity index (χ0v) is 7.61. The minimum Gasteiger partial charge on any atom is -0.446 e. The molecule has 2 rings (SSSR count). The Hall–Kier alpha value is -1.84. The van der Waals surface area contributed by atoms with E-state index in [0.717, 1.165) is 0 Å². The van der Waals surface area contributed by atoms with Crippen LogP contribution >= 0.6 is 0 Å². The fourth-order valence-corrected chi connectivity index (χ4v) is 1.59. The smallest absolute Gasteiger partial charge is 0.294 e. The van der Waals surface area contributed by atoms with Crippen molar-refractivity contribution in [3.05, 3.63) is 29.8 Å². The van der Waals surface area contributed by atoms with Crippen molar-refractivity contribution in [1.29, 1.82) is 0 Å². The zero-order chi connectivity index (χ0) is 10.2. The summed E-state index contributed by atoms with van der Waals surface area (Å²) in [5, 5.41) is 2.65. The number of rotatable bonds is 2. The normalized spacial score (nSPS) is 23.9. The van der Waals surface area contributed by atoms with Crippen LogP contribution in [0.1, 0.15) is 12.5 Å². The molecule has 1 heterocycles. The Kier molecular flexibility index (Phi) is 1.77. The second-order valence-electron chi connectivity index (χ2n) is 3.25. The van der Waals surface area contributed by atoms with E-state index in [1.807, 2.05) is 6.07 Å². The van der Waals surface area contributed by atoms with Crippen molar-refractivity contribution in [1.82, 2.24) is 0 Å². The van der Waals surface area contributed by atoms with Gasteiger partial charge in [-0.2, -0.15) is 0 Å². The summed E-state index contributed by atoms with van der Waals surface area (Å²) in [4.78, 5) is 21.9. The highest BCUT2D eigenvalue weighted by atomic mass is 16.5. The number of benzene rings is 1. The number of fused-ring (bicyclic) bond motifs is 1. The number of nitrogens with one attached hydrogen (secondary N) is 1. The van der Waals surface area contributed by atoms with E-state index >= 15 is 0 Å². The van der Waals surface area contributed by atoms with E-state index in [1.165, 1.54) is 0 Å². The van der Waals surface area contributed by atoms with Crippen LogP contribution in [-0.2, 0) is 19.9 Å². The van der Waals surface area contributed by atoms with Gasteiger partial charge < -0.3 is 10.1 Å². The number of ether oxygens (including phenoxy) is 1. The molecule has 0 aromatic heterocycles. The number of amides is 1. The Morgan fingerprint density at radius 3 is 2.86 bits per heavy atom. The van der Waals surface area contributed by atoms with Crippen LogP contribution in [-0.4, -0.2) is 12.4 Å². The molecule has 4 heteroatoms. The quantitative estimate of drug-likeness (QED) is 0.710. The highest BCUT2D eigenvalue weighted by molar-refractivity contribution is 6.05. The Morgan fingerprint density at radius 1 is 1.43 bits per heavy atom. The van der Waals surface area contributed by atoms with Crippen molar-refractivity contribution >= 4 is 18.1 Å². The second kappa shape index (κ2) is 2.83. The third-order valence-electron chi connectivity index (χ3n) is 2.41. The number of hydrogen-bond acceptors (Lipinski definition) is 3. The number of carbonyl (C=O) groups is 2. The first-order valence-electron chi connectivity index (χ1n) is 4.21. The molecular weight excluding hydrogens is 182 g/mol. The summed E-state index contributed by atoms with van der Waals surface area (Å²) in [5.74, 6) is -0.314. The molecular formula is C10H9NO3. The molecule has 0 fully saturated rings. The lowest BCUT2D eigenvalue weighted by atomic mass is 9.98. The second-order valence-corrected chi connectivity index (χ2v) is 3.25.